The number of pyridine rings is 1. The van der Waals surface area contributed by atoms with Crippen molar-refractivity contribution in [2.24, 2.45) is 0 Å². The molecule has 0 fully saturated rings. The molecular weight excluding hydrogens is 334 g/mol. The number of aryl methyl sites for hydroxylation is 2. The minimum atomic E-state index is -0.498. The van der Waals surface area contributed by atoms with E-state index in [0.29, 0.717) is 16.6 Å². The van der Waals surface area contributed by atoms with Gasteiger partial charge in [0.1, 0.15) is 6.54 Å². The third-order valence-corrected chi connectivity index (χ3v) is 3.99. The van der Waals surface area contributed by atoms with Gasteiger partial charge in [-0.15, -0.1) is 0 Å². The third-order valence-electron chi connectivity index (χ3n) is 3.99. The second-order valence-corrected chi connectivity index (χ2v) is 6.18. The van der Waals surface area contributed by atoms with E-state index in [9.17, 15) is 19.7 Å². The Morgan fingerprint density at radius 2 is 1.77 bits per heavy atom. The summed E-state index contributed by atoms with van der Waals surface area (Å²) in [6, 6.07) is 12.7. The molecule has 0 bridgehead atoms. The lowest BCUT2D eigenvalue weighted by Gasteiger charge is -2.11. The number of nitro groups is 1. The zero-order chi connectivity index (χ0) is 18.8. The highest BCUT2D eigenvalue weighted by atomic mass is 16.6. The SMILES string of the molecule is Cc1cc(C)cc(NC(=O)Cn2c(=O)ccc3cc([N+](=O)[O-])ccc32)c1. The molecule has 1 amide bonds. The minimum absolute atomic E-state index is 0.0672. The maximum absolute atomic E-state index is 12.4. The predicted molar refractivity (Wildman–Crippen MR) is 99.4 cm³/mol. The first-order chi connectivity index (χ1) is 12.3. The fraction of sp³-hybridized carbons (Fsp3) is 0.158. The number of amides is 1. The van der Waals surface area contributed by atoms with Crippen LogP contribution in [-0.2, 0) is 11.3 Å². The van der Waals surface area contributed by atoms with E-state index in [-0.39, 0.29) is 23.7 Å². The molecule has 3 aromatic rings. The lowest BCUT2D eigenvalue weighted by atomic mass is 10.1. The lowest BCUT2D eigenvalue weighted by molar-refractivity contribution is -0.384. The van der Waals surface area contributed by atoms with Crippen molar-refractivity contribution < 1.29 is 9.72 Å². The van der Waals surface area contributed by atoms with Crippen molar-refractivity contribution >= 4 is 28.2 Å². The monoisotopic (exact) mass is 351 g/mol. The van der Waals surface area contributed by atoms with Crippen LogP contribution in [0, 0.1) is 24.0 Å². The zero-order valence-corrected chi connectivity index (χ0v) is 14.4. The molecule has 1 aromatic heterocycles. The van der Waals surface area contributed by atoms with E-state index in [0.717, 1.165) is 11.1 Å². The highest BCUT2D eigenvalue weighted by Crippen LogP contribution is 2.20. The lowest BCUT2D eigenvalue weighted by Crippen LogP contribution is -2.27. The highest BCUT2D eigenvalue weighted by Gasteiger charge is 2.12. The summed E-state index contributed by atoms with van der Waals surface area (Å²) in [5, 5.41) is 14.2. The van der Waals surface area contributed by atoms with Crippen molar-refractivity contribution in [1.29, 1.82) is 0 Å². The quantitative estimate of drug-likeness (QED) is 0.577. The molecule has 2 aromatic carbocycles. The maximum Gasteiger partial charge on any atom is 0.270 e. The molecule has 0 saturated carbocycles. The van der Waals surface area contributed by atoms with E-state index in [4.69, 9.17) is 0 Å². The Morgan fingerprint density at radius 1 is 1.08 bits per heavy atom. The van der Waals surface area contributed by atoms with Gasteiger partial charge in [0.2, 0.25) is 5.91 Å². The van der Waals surface area contributed by atoms with E-state index in [1.54, 1.807) is 0 Å². The summed E-state index contributed by atoms with van der Waals surface area (Å²) >= 11 is 0. The molecule has 1 N–H and O–H groups in total. The van der Waals surface area contributed by atoms with Crippen molar-refractivity contribution in [3.8, 4) is 0 Å². The minimum Gasteiger partial charge on any atom is -0.325 e. The average Bonchev–Trinajstić information content (AvgIpc) is 2.56. The van der Waals surface area contributed by atoms with Crippen LogP contribution in [0.4, 0.5) is 11.4 Å². The standard InChI is InChI=1S/C19H17N3O4/c1-12-7-13(2)9-15(8-12)20-18(23)11-21-17-5-4-16(22(25)26)10-14(17)3-6-19(21)24/h3-10H,11H2,1-2H3,(H,20,23). The Balaban J connectivity index is 1.92. The van der Waals surface area contributed by atoms with Gasteiger partial charge in [0.15, 0.2) is 0 Å². The molecule has 7 heteroatoms. The number of anilines is 1. The molecule has 3 rings (SSSR count). The van der Waals surface area contributed by atoms with E-state index < -0.39 is 4.92 Å². The molecular formula is C19H17N3O4. The fourth-order valence-electron chi connectivity index (χ4n) is 2.96. The summed E-state index contributed by atoms with van der Waals surface area (Å²) in [6.45, 7) is 3.69. The summed E-state index contributed by atoms with van der Waals surface area (Å²) in [5.41, 5.74) is 2.77. The van der Waals surface area contributed by atoms with E-state index >= 15 is 0 Å². The second-order valence-electron chi connectivity index (χ2n) is 6.18. The van der Waals surface area contributed by atoms with E-state index in [1.165, 1.54) is 34.9 Å². The molecule has 0 spiro atoms. The van der Waals surface area contributed by atoms with Gasteiger partial charge in [-0.25, -0.2) is 0 Å². The summed E-state index contributed by atoms with van der Waals surface area (Å²) in [4.78, 5) is 35.0. The Morgan fingerprint density at radius 3 is 2.42 bits per heavy atom. The van der Waals surface area contributed by atoms with Crippen LogP contribution in [0.1, 0.15) is 11.1 Å². The number of non-ortho nitro benzene ring substituents is 1. The molecule has 0 saturated heterocycles. The molecule has 0 aliphatic heterocycles. The van der Waals surface area contributed by atoms with E-state index in [1.807, 2.05) is 32.0 Å². The number of hydrogen-bond acceptors (Lipinski definition) is 4. The highest BCUT2D eigenvalue weighted by molar-refractivity contribution is 5.92. The molecule has 1 heterocycles. The van der Waals surface area contributed by atoms with Gasteiger partial charge in [0.25, 0.3) is 11.2 Å². The Hall–Kier alpha value is -3.48. The van der Waals surface area contributed by atoms with Gasteiger partial charge in [-0.3, -0.25) is 24.3 Å². The Kier molecular flexibility index (Phi) is 4.53. The van der Waals surface area contributed by atoms with Crippen LogP contribution >= 0.6 is 0 Å². The number of nitro benzene ring substituents is 1. The smallest absolute Gasteiger partial charge is 0.270 e. The summed E-state index contributed by atoms with van der Waals surface area (Å²) in [5.74, 6) is -0.344. The number of carbonyl (C=O) groups is 1. The molecule has 0 radical (unpaired) electrons. The molecule has 0 aliphatic carbocycles. The zero-order valence-electron chi connectivity index (χ0n) is 14.4. The number of aromatic nitrogens is 1. The van der Waals surface area contributed by atoms with Crippen molar-refractivity contribution in [2.75, 3.05) is 5.32 Å². The third kappa shape index (κ3) is 3.61. The molecule has 7 nitrogen and oxygen atoms in total. The second kappa shape index (κ2) is 6.79. The van der Waals surface area contributed by atoms with Crippen molar-refractivity contribution in [3.63, 3.8) is 0 Å². The average molecular weight is 351 g/mol. The predicted octanol–water partition coefficient (Wildman–Crippen LogP) is 3.17. The molecule has 132 valence electrons. The van der Waals surface area contributed by atoms with Crippen LogP contribution in [0.25, 0.3) is 10.9 Å². The van der Waals surface area contributed by atoms with Crippen LogP contribution in [0.15, 0.2) is 53.3 Å². The Labute approximate surface area is 149 Å². The molecule has 0 atom stereocenters. The molecule has 0 unspecified atom stereocenters. The Bertz CT molecular complexity index is 1070. The molecule has 0 aliphatic rings. The number of nitrogens with one attached hydrogen (secondary N) is 1. The normalized spacial score (nSPS) is 10.7. The first-order valence-electron chi connectivity index (χ1n) is 7.99. The number of rotatable bonds is 4. The van der Waals surface area contributed by atoms with Crippen LogP contribution in [0.3, 0.4) is 0 Å². The number of fused-ring (bicyclic) bond motifs is 1. The van der Waals surface area contributed by atoms with Crippen LogP contribution in [0.5, 0.6) is 0 Å². The van der Waals surface area contributed by atoms with E-state index in [2.05, 4.69) is 5.32 Å². The number of carbonyl (C=O) groups excluding carboxylic acids is 1. The summed E-state index contributed by atoms with van der Waals surface area (Å²) in [6.07, 6.45) is 0. The van der Waals surface area contributed by atoms with Gasteiger partial charge in [0, 0.05) is 29.3 Å². The first-order valence-corrected chi connectivity index (χ1v) is 7.99. The van der Waals surface area contributed by atoms with Gasteiger partial charge in [-0.05, 0) is 49.2 Å². The van der Waals surface area contributed by atoms with Gasteiger partial charge in [-0.1, -0.05) is 6.07 Å². The topological polar surface area (TPSA) is 94.2 Å². The van der Waals surface area contributed by atoms with Gasteiger partial charge >= 0.3 is 0 Å². The number of benzene rings is 2. The fourth-order valence-corrected chi connectivity index (χ4v) is 2.96. The van der Waals surface area contributed by atoms with Crippen LogP contribution in [-0.4, -0.2) is 15.4 Å². The van der Waals surface area contributed by atoms with Gasteiger partial charge < -0.3 is 5.32 Å². The molecule has 26 heavy (non-hydrogen) atoms. The maximum atomic E-state index is 12.4. The van der Waals surface area contributed by atoms with Gasteiger partial charge in [-0.2, -0.15) is 0 Å². The van der Waals surface area contributed by atoms with Crippen LogP contribution in [0.2, 0.25) is 0 Å². The number of hydrogen-bond donors (Lipinski definition) is 1. The largest absolute Gasteiger partial charge is 0.325 e. The van der Waals surface area contributed by atoms with Crippen molar-refractivity contribution in [1.82, 2.24) is 4.57 Å². The van der Waals surface area contributed by atoms with Gasteiger partial charge in [0.05, 0.1) is 10.4 Å². The number of nitrogens with zero attached hydrogens (tertiary/aromatic N) is 2. The van der Waals surface area contributed by atoms with Crippen molar-refractivity contribution in [3.05, 3.63) is 80.1 Å². The first kappa shape index (κ1) is 17.3. The van der Waals surface area contributed by atoms with Crippen LogP contribution < -0.4 is 10.9 Å². The summed E-state index contributed by atoms with van der Waals surface area (Å²) < 4.78 is 1.30. The summed E-state index contributed by atoms with van der Waals surface area (Å²) in [7, 11) is 0. The van der Waals surface area contributed by atoms with Crippen molar-refractivity contribution in [2.45, 2.75) is 20.4 Å².